The molecule has 0 radical (unpaired) electrons. The summed E-state index contributed by atoms with van der Waals surface area (Å²) in [4.78, 5) is 17.4. The third kappa shape index (κ3) is 4.58. The number of anilines is 1. The quantitative estimate of drug-likeness (QED) is 0.382. The van der Waals surface area contributed by atoms with Crippen LogP contribution < -0.4 is 5.32 Å². The van der Waals surface area contributed by atoms with Crippen molar-refractivity contribution in [1.29, 1.82) is 0 Å². The molecule has 0 bridgehead atoms. The third-order valence-electron chi connectivity index (χ3n) is 5.48. The molecular formula is C20H20BrCl2N3O2S. The zero-order chi connectivity index (χ0) is 20.5. The first-order valence-corrected chi connectivity index (χ1v) is 11.9. The lowest BCUT2D eigenvalue weighted by molar-refractivity contribution is -0.120. The second kappa shape index (κ2) is 8.84. The number of aromatic hydroxyl groups is 1. The largest absolute Gasteiger partial charge is 0.494 e. The van der Waals surface area contributed by atoms with Gasteiger partial charge in [0.2, 0.25) is 5.91 Å². The fourth-order valence-electron chi connectivity index (χ4n) is 4.04. The van der Waals surface area contributed by atoms with Crippen LogP contribution in [0.2, 0.25) is 10.0 Å². The molecule has 1 saturated carbocycles. The van der Waals surface area contributed by atoms with Crippen LogP contribution in [0, 0.1) is 5.92 Å². The Bertz CT molecular complexity index is 1050. The molecule has 1 aliphatic carbocycles. The summed E-state index contributed by atoms with van der Waals surface area (Å²) in [6.07, 6.45) is 9.91. The number of hydrogen-bond acceptors (Lipinski definition) is 4. The van der Waals surface area contributed by atoms with Crippen LogP contribution in [0.1, 0.15) is 44.6 Å². The minimum Gasteiger partial charge on any atom is -0.494 e. The molecule has 1 amide bonds. The number of nitrogens with one attached hydrogen (secondary N) is 1. The molecule has 4 rings (SSSR count). The maximum atomic E-state index is 13.2. The zero-order valence-corrected chi connectivity index (χ0v) is 19.4. The number of halogens is 3. The van der Waals surface area contributed by atoms with E-state index in [1.54, 1.807) is 29.1 Å². The number of fused-ring (bicyclic) bond motifs is 1. The van der Waals surface area contributed by atoms with Crippen LogP contribution in [-0.4, -0.2) is 20.6 Å². The lowest BCUT2D eigenvalue weighted by Crippen LogP contribution is -2.28. The molecule has 2 heterocycles. The van der Waals surface area contributed by atoms with Crippen LogP contribution >= 0.6 is 50.5 Å². The van der Waals surface area contributed by atoms with Crippen LogP contribution in [0.5, 0.6) is 5.88 Å². The molecule has 29 heavy (non-hydrogen) atoms. The topological polar surface area (TPSA) is 67.2 Å². The van der Waals surface area contributed by atoms with E-state index in [1.807, 2.05) is 0 Å². The van der Waals surface area contributed by atoms with E-state index in [9.17, 15) is 9.90 Å². The molecular weight excluding hydrogens is 497 g/mol. The molecule has 9 heteroatoms. The Morgan fingerprint density at radius 1 is 1.31 bits per heavy atom. The standard InChI is InChI=1S/C20H20BrCl2N3O2S/c21-17-9-24-20(29-17)25-18(27)16(6-11-4-2-1-3-5-11)26-10-12-7-14(22)15(23)8-13(12)19(26)28/h7-11,16,28H,1-6H2,(H,24,25,27)/t16-/m0/s1. The van der Waals surface area contributed by atoms with Gasteiger partial charge in [0.1, 0.15) is 6.04 Å². The lowest BCUT2D eigenvalue weighted by Gasteiger charge is -2.27. The first-order chi connectivity index (χ1) is 13.9. The van der Waals surface area contributed by atoms with Crippen molar-refractivity contribution in [3.8, 4) is 5.88 Å². The Morgan fingerprint density at radius 2 is 2.03 bits per heavy atom. The lowest BCUT2D eigenvalue weighted by atomic mass is 9.84. The highest BCUT2D eigenvalue weighted by atomic mass is 79.9. The number of amides is 1. The van der Waals surface area contributed by atoms with Gasteiger partial charge in [0.25, 0.3) is 0 Å². The number of carbonyl (C=O) groups excluding carboxylic acids is 1. The van der Waals surface area contributed by atoms with Crippen LogP contribution in [-0.2, 0) is 4.79 Å². The van der Waals surface area contributed by atoms with Gasteiger partial charge in [-0.1, -0.05) is 66.6 Å². The molecule has 0 saturated heterocycles. The van der Waals surface area contributed by atoms with Crippen molar-refractivity contribution < 1.29 is 9.90 Å². The van der Waals surface area contributed by atoms with Crippen molar-refractivity contribution in [3.05, 3.63) is 38.4 Å². The van der Waals surface area contributed by atoms with Gasteiger partial charge in [0, 0.05) is 17.0 Å². The summed E-state index contributed by atoms with van der Waals surface area (Å²) < 4.78 is 2.49. The number of nitrogens with zero attached hydrogens (tertiary/aromatic N) is 2. The number of thiazole rings is 1. The van der Waals surface area contributed by atoms with Gasteiger partial charge in [-0.25, -0.2) is 4.98 Å². The summed E-state index contributed by atoms with van der Waals surface area (Å²) in [6, 6.07) is 2.80. The Balaban J connectivity index is 1.69. The average Bonchev–Trinajstić information content (AvgIpc) is 3.24. The minimum absolute atomic E-state index is 0.0230. The van der Waals surface area contributed by atoms with Gasteiger partial charge in [-0.05, 0) is 40.4 Å². The molecule has 0 unspecified atom stereocenters. The average molecular weight is 517 g/mol. The normalized spacial score (nSPS) is 16.2. The first-order valence-electron chi connectivity index (χ1n) is 9.53. The molecule has 2 N–H and O–H groups in total. The van der Waals surface area contributed by atoms with Crippen LogP contribution in [0.4, 0.5) is 5.13 Å². The van der Waals surface area contributed by atoms with Crippen LogP contribution in [0.3, 0.4) is 0 Å². The van der Waals surface area contributed by atoms with E-state index in [1.165, 1.54) is 30.6 Å². The highest BCUT2D eigenvalue weighted by molar-refractivity contribution is 9.11. The van der Waals surface area contributed by atoms with Gasteiger partial charge >= 0.3 is 0 Å². The minimum atomic E-state index is -0.550. The number of rotatable bonds is 5. The van der Waals surface area contributed by atoms with Crippen molar-refractivity contribution in [3.63, 3.8) is 0 Å². The van der Waals surface area contributed by atoms with E-state index in [-0.39, 0.29) is 11.8 Å². The maximum Gasteiger partial charge on any atom is 0.249 e. The summed E-state index contributed by atoms with van der Waals surface area (Å²) in [5, 5.41) is 16.4. The molecule has 2 aromatic heterocycles. The van der Waals surface area contributed by atoms with Gasteiger partial charge in [-0.15, -0.1) is 0 Å². The predicted octanol–water partition coefficient (Wildman–Crippen LogP) is 7.02. The van der Waals surface area contributed by atoms with Gasteiger partial charge in [-0.3, -0.25) is 4.79 Å². The van der Waals surface area contributed by atoms with Crippen molar-refractivity contribution in [2.24, 2.45) is 5.92 Å². The summed E-state index contributed by atoms with van der Waals surface area (Å²) in [5.41, 5.74) is 0. The smallest absolute Gasteiger partial charge is 0.249 e. The highest BCUT2D eigenvalue weighted by Crippen LogP contribution is 2.39. The Morgan fingerprint density at radius 3 is 2.72 bits per heavy atom. The Hall–Kier alpha value is -1.28. The molecule has 1 aromatic carbocycles. The fraction of sp³-hybridized carbons (Fsp3) is 0.400. The van der Waals surface area contributed by atoms with Crippen LogP contribution in [0.15, 0.2) is 28.3 Å². The van der Waals surface area contributed by atoms with Gasteiger partial charge < -0.3 is 15.0 Å². The van der Waals surface area contributed by atoms with Gasteiger partial charge in [0.15, 0.2) is 11.0 Å². The van der Waals surface area contributed by atoms with Gasteiger partial charge in [-0.2, -0.15) is 0 Å². The summed E-state index contributed by atoms with van der Waals surface area (Å²) in [7, 11) is 0. The summed E-state index contributed by atoms with van der Waals surface area (Å²) in [5.74, 6) is 0.277. The number of carbonyl (C=O) groups is 1. The van der Waals surface area contributed by atoms with E-state index in [0.717, 1.165) is 22.0 Å². The summed E-state index contributed by atoms with van der Waals surface area (Å²) >= 11 is 17.0. The SMILES string of the molecule is O=C(Nc1ncc(Br)s1)[C@H](CC1CCCCC1)n1cc2cc(Cl)c(Cl)cc2c1O. The molecule has 0 aliphatic heterocycles. The molecule has 5 nitrogen and oxygen atoms in total. The third-order valence-corrected chi connectivity index (χ3v) is 7.60. The highest BCUT2D eigenvalue weighted by Gasteiger charge is 2.29. The van der Waals surface area contributed by atoms with E-state index < -0.39 is 6.04 Å². The molecule has 1 atom stereocenters. The van der Waals surface area contributed by atoms with E-state index in [4.69, 9.17) is 23.2 Å². The summed E-state index contributed by atoms with van der Waals surface area (Å²) in [6.45, 7) is 0. The molecule has 1 aliphatic rings. The Labute approximate surface area is 191 Å². The van der Waals surface area contributed by atoms with Gasteiger partial charge in [0.05, 0.1) is 20.0 Å². The van der Waals surface area contributed by atoms with Crippen molar-refractivity contribution in [2.75, 3.05) is 5.32 Å². The molecule has 3 aromatic rings. The fourth-order valence-corrected chi connectivity index (χ4v) is 5.48. The van der Waals surface area contributed by atoms with Crippen molar-refractivity contribution in [2.45, 2.75) is 44.6 Å². The second-order valence-electron chi connectivity index (χ2n) is 7.43. The molecule has 1 fully saturated rings. The van der Waals surface area contributed by atoms with Crippen molar-refractivity contribution >= 4 is 72.3 Å². The molecule has 154 valence electrons. The number of benzene rings is 1. The monoisotopic (exact) mass is 515 g/mol. The Kier molecular flexibility index (Phi) is 6.39. The van der Waals surface area contributed by atoms with E-state index in [0.29, 0.717) is 32.9 Å². The first kappa shape index (κ1) is 21.0. The maximum absolute atomic E-state index is 13.2. The van der Waals surface area contributed by atoms with E-state index in [2.05, 4.69) is 26.2 Å². The number of hydrogen-bond donors (Lipinski definition) is 2. The van der Waals surface area contributed by atoms with Crippen LogP contribution in [0.25, 0.3) is 10.8 Å². The van der Waals surface area contributed by atoms with Crippen molar-refractivity contribution in [1.82, 2.24) is 9.55 Å². The van der Waals surface area contributed by atoms with E-state index >= 15 is 0 Å². The zero-order valence-electron chi connectivity index (χ0n) is 15.5. The predicted molar refractivity (Wildman–Crippen MR) is 122 cm³/mol. The molecule has 0 spiro atoms. The number of aromatic nitrogens is 2. The second-order valence-corrected chi connectivity index (χ2v) is 10.7.